The van der Waals surface area contributed by atoms with Gasteiger partial charge in [0, 0.05) is 42.2 Å². The summed E-state index contributed by atoms with van der Waals surface area (Å²) < 4.78 is 5.23. The number of ether oxygens (including phenoxy) is 1. The number of aryl methyl sites for hydroxylation is 1. The molecule has 1 aliphatic heterocycles. The van der Waals surface area contributed by atoms with Crippen LogP contribution in [0.3, 0.4) is 0 Å². The smallest absolute Gasteiger partial charge is 0.409 e. The normalized spacial score (nSPS) is 15.6. The van der Waals surface area contributed by atoms with Crippen LogP contribution in [0.15, 0.2) is 42.5 Å². The number of carbonyl (C=O) groups excluding carboxylic acids is 2. The molecule has 9 heteroatoms. The van der Waals surface area contributed by atoms with Gasteiger partial charge in [-0.3, -0.25) is 4.79 Å². The van der Waals surface area contributed by atoms with Gasteiger partial charge in [0.25, 0.3) is 5.91 Å². The van der Waals surface area contributed by atoms with Crippen LogP contribution in [0.4, 0.5) is 4.79 Å². The number of aromatic nitrogens is 1. The molecule has 0 radical (unpaired) electrons. The third-order valence-electron chi connectivity index (χ3n) is 6.08. The summed E-state index contributed by atoms with van der Waals surface area (Å²) >= 11 is 6.53. The second kappa shape index (κ2) is 11.2. The molecule has 0 saturated carbocycles. The Balaban J connectivity index is 0.00000342. The topological polar surface area (TPSA) is 83.0 Å². The molecule has 1 atom stereocenters. The van der Waals surface area contributed by atoms with Gasteiger partial charge in [-0.05, 0) is 62.2 Å². The molecule has 1 saturated heterocycles. The molecule has 2 heterocycles. The van der Waals surface area contributed by atoms with Gasteiger partial charge >= 0.3 is 6.09 Å². The highest BCUT2D eigenvalue weighted by Crippen LogP contribution is 2.31. The number of hydrogen-bond acceptors (Lipinski definition) is 5. The number of aromatic hydroxyl groups is 1. The van der Waals surface area contributed by atoms with Gasteiger partial charge in [-0.2, -0.15) is 13.5 Å². The number of carbonyl (C=O) groups is 2. The summed E-state index contributed by atoms with van der Waals surface area (Å²) in [6.07, 6.45) is 0.440. The Morgan fingerprint density at radius 3 is 2.63 bits per heavy atom. The van der Waals surface area contributed by atoms with Gasteiger partial charge in [-0.25, -0.2) is 9.78 Å². The van der Waals surface area contributed by atoms with Crippen molar-refractivity contribution in [1.29, 1.82) is 0 Å². The maximum atomic E-state index is 13.3. The van der Waals surface area contributed by atoms with Crippen molar-refractivity contribution in [3.8, 4) is 17.0 Å². The van der Waals surface area contributed by atoms with Crippen molar-refractivity contribution in [2.45, 2.75) is 33.2 Å². The highest BCUT2D eigenvalue weighted by molar-refractivity contribution is 7.59. The Bertz CT molecular complexity index is 1250. The fraction of sp³-hybridized carbons (Fsp3) is 0.346. The average Bonchev–Trinajstić information content (AvgIpc) is 2.83. The maximum absolute atomic E-state index is 13.3. The van der Waals surface area contributed by atoms with E-state index in [0.29, 0.717) is 48.0 Å². The number of amides is 2. The van der Waals surface area contributed by atoms with Crippen LogP contribution in [0.1, 0.15) is 36.2 Å². The molecule has 3 aromatic rings. The van der Waals surface area contributed by atoms with E-state index in [1.54, 1.807) is 40.1 Å². The van der Waals surface area contributed by atoms with Gasteiger partial charge in [-0.15, -0.1) is 0 Å². The molecule has 7 nitrogen and oxygen atoms in total. The van der Waals surface area contributed by atoms with Gasteiger partial charge in [0.05, 0.1) is 22.8 Å². The SMILES string of the molecule is CCCOC(=O)N1CCN(C(=O)c2ccc3c(Cl)cc(-c4ccc(O)c(C)c4)nc3c2)C(C)C1.S. The van der Waals surface area contributed by atoms with E-state index in [1.807, 2.05) is 32.9 Å². The second-order valence-corrected chi connectivity index (χ2v) is 9.04. The van der Waals surface area contributed by atoms with Gasteiger partial charge in [0.1, 0.15) is 5.75 Å². The van der Waals surface area contributed by atoms with E-state index in [4.69, 9.17) is 21.3 Å². The van der Waals surface area contributed by atoms with Crippen LogP contribution >= 0.6 is 25.1 Å². The molecule has 35 heavy (non-hydrogen) atoms. The van der Waals surface area contributed by atoms with Crippen molar-refractivity contribution < 1.29 is 19.4 Å². The van der Waals surface area contributed by atoms with Gasteiger partial charge in [0.2, 0.25) is 0 Å². The summed E-state index contributed by atoms with van der Waals surface area (Å²) in [5.74, 6) is 0.108. The molecule has 0 bridgehead atoms. The largest absolute Gasteiger partial charge is 0.508 e. The highest BCUT2D eigenvalue weighted by atomic mass is 35.5. The summed E-state index contributed by atoms with van der Waals surface area (Å²) in [6, 6.07) is 12.2. The molecule has 1 unspecified atom stereocenters. The van der Waals surface area contributed by atoms with Gasteiger partial charge in [0.15, 0.2) is 0 Å². The van der Waals surface area contributed by atoms with Gasteiger partial charge < -0.3 is 19.6 Å². The van der Waals surface area contributed by atoms with E-state index < -0.39 is 0 Å². The van der Waals surface area contributed by atoms with Crippen LogP contribution in [0.25, 0.3) is 22.2 Å². The zero-order valence-electron chi connectivity index (χ0n) is 20.0. The number of halogens is 1. The molecule has 0 spiro atoms. The molecule has 0 aliphatic carbocycles. The Morgan fingerprint density at radius 2 is 1.94 bits per heavy atom. The monoisotopic (exact) mass is 515 g/mol. The summed E-state index contributed by atoms with van der Waals surface area (Å²) in [6.45, 7) is 7.38. The lowest BCUT2D eigenvalue weighted by Crippen LogP contribution is -2.55. The fourth-order valence-electron chi connectivity index (χ4n) is 4.15. The maximum Gasteiger partial charge on any atom is 0.409 e. The first kappa shape index (κ1) is 26.6. The van der Waals surface area contributed by atoms with Gasteiger partial charge in [-0.1, -0.05) is 24.6 Å². The summed E-state index contributed by atoms with van der Waals surface area (Å²) in [4.78, 5) is 33.7. The Hall–Kier alpha value is -2.97. The molecule has 2 aromatic carbocycles. The number of rotatable bonds is 4. The van der Waals surface area contributed by atoms with Crippen LogP contribution in [-0.2, 0) is 4.74 Å². The zero-order valence-corrected chi connectivity index (χ0v) is 21.8. The molecule has 1 aromatic heterocycles. The number of piperazine rings is 1. The van der Waals surface area contributed by atoms with E-state index in [2.05, 4.69) is 0 Å². The first-order valence-electron chi connectivity index (χ1n) is 11.4. The number of benzene rings is 2. The van der Waals surface area contributed by atoms with Crippen molar-refractivity contribution in [3.05, 3.63) is 58.6 Å². The first-order valence-corrected chi connectivity index (χ1v) is 11.8. The van der Waals surface area contributed by atoms with Crippen molar-refractivity contribution in [2.24, 2.45) is 0 Å². The van der Waals surface area contributed by atoms with Crippen LogP contribution in [0.5, 0.6) is 5.75 Å². The first-order chi connectivity index (χ1) is 16.3. The van der Waals surface area contributed by atoms with E-state index in [0.717, 1.165) is 22.9 Å². The lowest BCUT2D eigenvalue weighted by molar-refractivity contribution is 0.0414. The van der Waals surface area contributed by atoms with E-state index in [-0.39, 0.29) is 37.3 Å². The lowest BCUT2D eigenvalue weighted by Gasteiger charge is -2.39. The van der Waals surface area contributed by atoms with E-state index in [1.165, 1.54) is 0 Å². The van der Waals surface area contributed by atoms with Crippen molar-refractivity contribution in [2.75, 3.05) is 26.2 Å². The number of phenols is 1. The average molecular weight is 516 g/mol. The molecule has 1 aliphatic rings. The molecule has 186 valence electrons. The minimum Gasteiger partial charge on any atom is -0.508 e. The quantitative estimate of drug-likeness (QED) is 0.504. The van der Waals surface area contributed by atoms with Crippen molar-refractivity contribution in [3.63, 3.8) is 0 Å². The minimum absolute atomic E-state index is 0. The predicted octanol–water partition coefficient (Wildman–Crippen LogP) is 5.37. The molecule has 1 N–H and O–H groups in total. The molecule has 1 fully saturated rings. The lowest BCUT2D eigenvalue weighted by atomic mass is 10.0. The number of nitrogens with zero attached hydrogens (tertiary/aromatic N) is 3. The molecule has 2 amide bonds. The van der Waals surface area contributed by atoms with Crippen LogP contribution in [0.2, 0.25) is 5.02 Å². The number of fused-ring (bicyclic) bond motifs is 1. The summed E-state index contributed by atoms with van der Waals surface area (Å²) in [5.41, 5.74) is 3.37. The number of pyridine rings is 1. The summed E-state index contributed by atoms with van der Waals surface area (Å²) in [7, 11) is 0. The Labute approximate surface area is 217 Å². The number of hydrogen-bond donors (Lipinski definition) is 1. The van der Waals surface area contributed by atoms with E-state index in [9.17, 15) is 14.7 Å². The summed E-state index contributed by atoms with van der Waals surface area (Å²) in [5, 5.41) is 11.1. The second-order valence-electron chi connectivity index (χ2n) is 8.63. The number of phenolic OH excluding ortho intramolecular Hbond substituents is 1. The van der Waals surface area contributed by atoms with Crippen LogP contribution < -0.4 is 0 Å². The van der Waals surface area contributed by atoms with Crippen molar-refractivity contribution >= 4 is 48.0 Å². The Morgan fingerprint density at radius 1 is 1.17 bits per heavy atom. The molecular formula is C26H30ClN3O4S. The molecular weight excluding hydrogens is 486 g/mol. The standard InChI is InChI=1S/C26H28ClN3O4.H2S/c1-4-11-34-26(33)29-9-10-30(17(3)15-29)25(32)19-5-7-20-21(27)14-22(28-23(20)13-19)18-6-8-24(31)16(2)12-18;/h5-8,12-14,17,31H,4,9-11,15H2,1-3H3;1H2. The van der Waals surface area contributed by atoms with Crippen LogP contribution in [-0.4, -0.2) is 64.2 Å². The third kappa shape index (κ3) is 5.65. The Kier molecular flexibility index (Phi) is 8.51. The third-order valence-corrected chi connectivity index (χ3v) is 6.39. The van der Waals surface area contributed by atoms with Crippen LogP contribution in [0, 0.1) is 6.92 Å². The minimum atomic E-state index is -0.331. The highest BCUT2D eigenvalue weighted by Gasteiger charge is 2.31. The van der Waals surface area contributed by atoms with Crippen molar-refractivity contribution in [1.82, 2.24) is 14.8 Å². The van der Waals surface area contributed by atoms with E-state index >= 15 is 0 Å². The predicted molar refractivity (Wildman–Crippen MR) is 143 cm³/mol. The fourth-order valence-corrected chi connectivity index (χ4v) is 4.42. The zero-order chi connectivity index (χ0) is 24.4. The molecule has 4 rings (SSSR count).